The number of para-hydroxylation sites is 1. The maximum Gasteiger partial charge on any atom is 0.573 e. The van der Waals surface area contributed by atoms with Crippen LogP contribution >= 0.6 is 0 Å². The highest BCUT2D eigenvalue weighted by atomic mass is 19.4. The fourth-order valence-electron chi connectivity index (χ4n) is 5.91. The third-order valence-electron chi connectivity index (χ3n) is 7.89. The number of fused-ring (bicyclic) bond motifs is 2. The van der Waals surface area contributed by atoms with Gasteiger partial charge in [-0.05, 0) is 66.8 Å². The van der Waals surface area contributed by atoms with Crippen LogP contribution in [0.2, 0.25) is 0 Å². The van der Waals surface area contributed by atoms with Gasteiger partial charge in [-0.1, -0.05) is 24.3 Å². The zero-order valence-electron chi connectivity index (χ0n) is 21.6. The summed E-state index contributed by atoms with van der Waals surface area (Å²) in [5, 5.41) is 0. The van der Waals surface area contributed by atoms with Gasteiger partial charge in [0.15, 0.2) is 0 Å². The highest BCUT2D eigenvalue weighted by Crippen LogP contribution is 2.35. The topological polar surface area (TPSA) is 87.2 Å². The van der Waals surface area contributed by atoms with E-state index in [1.165, 1.54) is 23.1 Å². The molecule has 41 heavy (non-hydrogen) atoms. The lowest BCUT2D eigenvalue weighted by Gasteiger charge is -2.34. The van der Waals surface area contributed by atoms with Crippen molar-refractivity contribution >= 4 is 29.3 Å². The summed E-state index contributed by atoms with van der Waals surface area (Å²) in [4.78, 5) is 56.3. The van der Waals surface area contributed by atoms with Crippen LogP contribution in [0.3, 0.4) is 0 Å². The molecule has 0 saturated carbocycles. The van der Waals surface area contributed by atoms with Crippen LogP contribution in [0, 0.1) is 11.8 Å². The van der Waals surface area contributed by atoms with Crippen molar-refractivity contribution in [2.75, 3.05) is 31.1 Å². The second-order valence-electron chi connectivity index (χ2n) is 10.4. The van der Waals surface area contributed by atoms with Gasteiger partial charge in [0.1, 0.15) is 5.75 Å². The van der Waals surface area contributed by atoms with Crippen molar-refractivity contribution in [3.05, 3.63) is 95.1 Å². The first-order chi connectivity index (χ1) is 19.6. The minimum Gasteiger partial charge on any atom is -0.405 e. The van der Waals surface area contributed by atoms with E-state index in [0.29, 0.717) is 55.0 Å². The predicted molar refractivity (Wildman–Crippen MR) is 141 cm³/mol. The lowest BCUT2D eigenvalue weighted by molar-refractivity contribution is -0.274. The molecule has 4 amide bonds. The molecular formula is C30H24F3N3O5. The molecule has 0 spiro atoms. The smallest absolute Gasteiger partial charge is 0.405 e. The van der Waals surface area contributed by atoms with Crippen molar-refractivity contribution < 1.29 is 37.1 Å². The number of nitrogens with zero attached hydrogens (tertiary/aromatic N) is 3. The normalized spacial score (nSPS) is 20.2. The quantitative estimate of drug-likeness (QED) is 0.433. The van der Waals surface area contributed by atoms with E-state index in [4.69, 9.17) is 0 Å². The molecule has 0 bridgehead atoms. The summed E-state index contributed by atoms with van der Waals surface area (Å²) < 4.78 is 42.6. The Kier molecular flexibility index (Phi) is 6.51. The van der Waals surface area contributed by atoms with Gasteiger partial charge >= 0.3 is 6.36 Å². The summed E-state index contributed by atoms with van der Waals surface area (Å²) in [6.45, 7) is 1.57. The van der Waals surface area contributed by atoms with Crippen LogP contribution in [0.25, 0.3) is 0 Å². The Morgan fingerprint density at radius 3 is 1.98 bits per heavy atom. The van der Waals surface area contributed by atoms with E-state index in [1.54, 1.807) is 53.4 Å². The van der Waals surface area contributed by atoms with Crippen LogP contribution in [0.1, 0.15) is 47.9 Å². The molecule has 8 nitrogen and oxygen atoms in total. The number of hydrogen-bond donors (Lipinski definition) is 0. The van der Waals surface area contributed by atoms with E-state index >= 15 is 0 Å². The zero-order chi connectivity index (χ0) is 28.9. The van der Waals surface area contributed by atoms with Crippen molar-refractivity contribution in [3.8, 4) is 5.75 Å². The second kappa shape index (κ2) is 10.1. The highest BCUT2D eigenvalue weighted by Gasteiger charge is 2.41. The third-order valence-corrected chi connectivity index (χ3v) is 7.89. The molecule has 3 aromatic carbocycles. The van der Waals surface area contributed by atoms with E-state index in [0.717, 1.165) is 11.0 Å². The summed E-state index contributed by atoms with van der Waals surface area (Å²) in [7, 11) is 0. The Morgan fingerprint density at radius 2 is 1.32 bits per heavy atom. The molecule has 3 aliphatic heterocycles. The number of likely N-dealkylation sites (tertiary alicyclic amines) is 2. The molecule has 0 radical (unpaired) electrons. The van der Waals surface area contributed by atoms with Gasteiger partial charge in [0.2, 0.25) is 0 Å². The molecule has 11 heteroatoms. The molecule has 0 aliphatic carbocycles. The van der Waals surface area contributed by atoms with Gasteiger partial charge < -0.3 is 14.5 Å². The number of halogens is 3. The number of carbonyl (C=O) groups is 4. The maximum absolute atomic E-state index is 13.3. The van der Waals surface area contributed by atoms with Crippen molar-refractivity contribution in [2.45, 2.75) is 12.8 Å². The summed E-state index contributed by atoms with van der Waals surface area (Å²) in [6.07, 6.45) is -4.31. The van der Waals surface area contributed by atoms with Crippen LogP contribution in [-0.4, -0.2) is 66.0 Å². The molecule has 3 heterocycles. The summed E-state index contributed by atoms with van der Waals surface area (Å²) in [5.41, 5.74) is 1.27. The molecule has 3 aliphatic rings. The highest BCUT2D eigenvalue weighted by molar-refractivity contribution is 6.34. The number of ether oxygens (including phenoxy) is 1. The average molecular weight is 564 g/mol. The summed E-state index contributed by atoms with van der Waals surface area (Å²) in [6, 6.07) is 18.2. The number of anilines is 1. The van der Waals surface area contributed by atoms with Gasteiger partial charge in [0.25, 0.3) is 23.6 Å². The molecule has 6 rings (SSSR count). The van der Waals surface area contributed by atoms with Crippen molar-refractivity contribution in [2.24, 2.45) is 11.8 Å². The van der Waals surface area contributed by atoms with Crippen LogP contribution in [0.4, 0.5) is 18.9 Å². The summed E-state index contributed by atoms with van der Waals surface area (Å²) in [5.74, 6) is -2.00. The Morgan fingerprint density at radius 1 is 0.732 bits per heavy atom. The predicted octanol–water partition coefficient (Wildman–Crippen LogP) is 4.62. The standard InChI is InChI=1S/C30H24F3N3O5/c31-30(32,33)41-25-8-4-3-7-24(25)27(38)34-14-13-19-15-35(17-20(19)16-34)26(37)18-9-11-21(12-10-18)36-28(39)22-5-1-2-6-23(22)29(36)40/h1-12,19-20H,13-17H2/t19-,20+/m1/s1. The average Bonchev–Trinajstić information content (AvgIpc) is 3.50. The first-order valence-corrected chi connectivity index (χ1v) is 13.1. The number of benzene rings is 3. The van der Waals surface area contributed by atoms with E-state index < -0.39 is 29.8 Å². The fourth-order valence-corrected chi connectivity index (χ4v) is 5.91. The molecule has 210 valence electrons. The lowest BCUT2D eigenvalue weighted by atomic mass is 9.88. The number of alkyl halides is 3. The Labute approximate surface area is 232 Å². The van der Waals surface area contributed by atoms with Crippen LogP contribution in [-0.2, 0) is 0 Å². The van der Waals surface area contributed by atoms with Crippen molar-refractivity contribution in [3.63, 3.8) is 0 Å². The molecule has 0 unspecified atom stereocenters. The number of imide groups is 1. The largest absolute Gasteiger partial charge is 0.573 e. The Hall–Kier alpha value is -4.67. The SMILES string of the molecule is O=C(c1ccc(N2C(=O)c3ccccc3C2=O)cc1)N1C[C@H]2CCN(C(=O)c3ccccc3OC(F)(F)F)C[C@H]2C1. The van der Waals surface area contributed by atoms with Gasteiger partial charge in [0, 0.05) is 31.7 Å². The van der Waals surface area contributed by atoms with Gasteiger partial charge in [-0.3, -0.25) is 19.2 Å². The van der Waals surface area contributed by atoms with Crippen molar-refractivity contribution in [1.82, 2.24) is 9.80 Å². The Bertz CT molecular complexity index is 1520. The minimum absolute atomic E-state index is 0.0232. The molecule has 3 aromatic rings. The maximum atomic E-state index is 13.3. The van der Waals surface area contributed by atoms with Crippen LogP contribution in [0.5, 0.6) is 5.75 Å². The molecule has 2 fully saturated rings. The second-order valence-corrected chi connectivity index (χ2v) is 10.4. The van der Waals surface area contributed by atoms with E-state index in [-0.39, 0.29) is 23.3 Å². The molecular weight excluding hydrogens is 539 g/mol. The van der Waals surface area contributed by atoms with Gasteiger partial charge in [-0.15, -0.1) is 13.2 Å². The number of hydrogen-bond acceptors (Lipinski definition) is 5. The molecule has 2 saturated heterocycles. The number of amides is 4. The fraction of sp³-hybridized carbons (Fsp3) is 0.267. The molecule has 2 atom stereocenters. The first-order valence-electron chi connectivity index (χ1n) is 13.1. The van der Waals surface area contributed by atoms with Crippen LogP contribution < -0.4 is 9.64 Å². The van der Waals surface area contributed by atoms with Gasteiger partial charge in [-0.2, -0.15) is 0 Å². The Balaban J connectivity index is 1.11. The minimum atomic E-state index is -4.92. The monoisotopic (exact) mass is 563 g/mol. The molecule has 0 N–H and O–H groups in total. The first kappa shape index (κ1) is 26.5. The van der Waals surface area contributed by atoms with E-state index in [2.05, 4.69) is 4.74 Å². The third kappa shape index (κ3) is 4.92. The summed E-state index contributed by atoms with van der Waals surface area (Å²) >= 11 is 0. The van der Waals surface area contributed by atoms with Crippen LogP contribution in [0.15, 0.2) is 72.8 Å². The molecule has 0 aromatic heterocycles. The number of carbonyl (C=O) groups excluding carboxylic acids is 4. The van der Waals surface area contributed by atoms with E-state index in [1.807, 2.05) is 0 Å². The van der Waals surface area contributed by atoms with Gasteiger partial charge in [-0.25, -0.2) is 4.90 Å². The number of piperidine rings is 1. The van der Waals surface area contributed by atoms with Gasteiger partial charge in [0.05, 0.1) is 22.4 Å². The van der Waals surface area contributed by atoms with Crippen molar-refractivity contribution in [1.29, 1.82) is 0 Å². The zero-order valence-corrected chi connectivity index (χ0v) is 21.6. The lowest BCUT2D eigenvalue weighted by Crippen LogP contribution is -2.43. The number of rotatable bonds is 4. The van der Waals surface area contributed by atoms with E-state index in [9.17, 15) is 32.3 Å².